The van der Waals surface area contributed by atoms with Crippen LogP contribution in [0, 0.1) is 17.8 Å². The number of esters is 1. The third-order valence-electron chi connectivity index (χ3n) is 5.04. The number of likely N-dealkylation sites (tertiary alicyclic amines) is 1. The third kappa shape index (κ3) is 8.53. The van der Waals surface area contributed by atoms with Gasteiger partial charge in [0, 0.05) is 32.2 Å². The number of methoxy groups -OCH3 is 1. The Hall–Kier alpha value is -1.94. The average molecular weight is 414 g/mol. The van der Waals surface area contributed by atoms with Gasteiger partial charge in [-0.1, -0.05) is 38.8 Å². The van der Waals surface area contributed by atoms with Gasteiger partial charge in [0.25, 0.3) is 5.91 Å². The molecule has 0 aliphatic carbocycles. The Morgan fingerprint density at radius 2 is 2.03 bits per heavy atom. The van der Waals surface area contributed by atoms with Gasteiger partial charge in [-0.05, 0) is 18.8 Å². The van der Waals surface area contributed by atoms with Crippen molar-refractivity contribution < 1.29 is 28.2 Å². The molecule has 3 atom stereocenters. The predicted octanol–water partition coefficient (Wildman–Crippen LogP) is 3.70. The summed E-state index contributed by atoms with van der Waals surface area (Å²) >= 11 is 0. The lowest BCUT2D eigenvalue weighted by atomic mass is 9.99. The number of carbonyl (C=O) groups is 2. The molecule has 1 fully saturated rings. The van der Waals surface area contributed by atoms with Crippen LogP contribution in [0.25, 0.3) is 0 Å². The van der Waals surface area contributed by atoms with E-state index in [0.29, 0.717) is 25.7 Å². The zero-order valence-corrected chi connectivity index (χ0v) is 17.6. The molecule has 1 heterocycles. The molecule has 0 aromatic heterocycles. The maximum atomic E-state index is 13.9. The number of hydrogen-bond acceptors (Lipinski definition) is 4. The van der Waals surface area contributed by atoms with E-state index in [1.165, 1.54) is 24.2 Å². The molecule has 1 unspecified atom stereocenters. The highest BCUT2D eigenvalue weighted by Gasteiger charge is 2.52. The van der Waals surface area contributed by atoms with Crippen LogP contribution in [0.5, 0.6) is 0 Å². The second kappa shape index (κ2) is 12.6. The summed E-state index contributed by atoms with van der Waals surface area (Å²) in [7, 11) is 1.34. The van der Waals surface area contributed by atoms with Gasteiger partial charge in [-0.2, -0.15) is 8.78 Å². The first kappa shape index (κ1) is 25.1. The van der Waals surface area contributed by atoms with E-state index in [1.54, 1.807) is 0 Å². The van der Waals surface area contributed by atoms with Crippen LogP contribution in [0.4, 0.5) is 8.78 Å². The van der Waals surface area contributed by atoms with Gasteiger partial charge in [-0.25, -0.2) is 0 Å². The zero-order valence-electron chi connectivity index (χ0n) is 17.6. The monoisotopic (exact) mass is 413 g/mol. The molecule has 1 amide bonds. The number of unbranched alkanes of at least 4 members (excludes halogenated alkanes) is 3. The topological polar surface area (TPSA) is 66.8 Å². The van der Waals surface area contributed by atoms with Crippen LogP contribution in [-0.2, 0) is 14.3 Å². The van der Waals surface area contributed by atoms with Crippen molar-refractivity contribution in [1.82, 2.24) is 4.90 Å². The number of aliphatic hydroxyl groups excluding tert-OH is 1. The van der Waals surface area contributed by atoms with Gasteiger partial charge in [-0.15, -0.1) is 11.8 Å². The molecule has 1 aliphatic heterocycles. The van der Waals surface area contributed by atoms with E-state index in [2.05, 4.69) is 16.6 Å². The summed E-state index contributed by atoms with van der Waals surface area (Å²) in [6.07, 6.45) is 6.01. The molecule has 7 heteroatoms. The minimum Gasteiger partial charge on any atom is -0.469 e. The van der Waals surface area contributed by atoms with Crippen molar-refractivity contribution >= 4 is 11.9 Å². The highest BCUT2D eigenvalue weighted by molar-refractivity contribution is 5.86. The van der Waals surface area contributed by atoms with E-state index in [9.17, 15) is 23.5 Å². The molecular formula is C22H33F2NO4. The molecule has 0 radical (unpaired) electrons. The second-order valence-electron chi connectivity index (χ2n) is 7.48. The molecule has 0 saturated carbocycles. The summed E-state index contributed by atoms with van der Waals surface area (Å²) in [6.45, 7) is 4.02. The predicted molar refractivity (Wildman–Crippen MR) is 107 cm³/mol. The fourth-order valence-corrected chi connectivity index (χ4v) is 3.18. The molecule has 1 aliphatic rings. The quantitative estimate of drug-likeness (QED) is 0.243. The number of hydrogen-bond donors (Lipinski definition) is 1. The van der Waals surface area contributed by atoms with Gasteiger partial charge in [0.15, 0.2) is 0 Å². The van der Waals surface area contributed by atoms with Crippen LogP contribution in [0.3, 0.4) is 0 Å². The highest BCUT2D eigenvalue weighted by atomic mass is 19.3. The fourth-order valence-electron chi connectivity index (χ4n) is 3.18. The summed E-state index contributed by atoms with van der Waals surface area (Å²) in [6, 6.07) is -0.726. The normalized spacial score (nSPS) is 20.4. The van der Waals surface area contributed by atoms with Crippen molar-refractivity contribution in [2.45, 2.75) is 83.3 Å². The molecule has 0 bridgehead atoms. The van der Waals surface area contributed by atoms with E-state index in [4.69, 9.17) is 0 Å². The molecular weight excluding hydrogens is 380 g/mol. The van der Waals surface area contributed by atoms with Crippen molar-refractivity contribution in [3.05, 3.63) is 12.2 Å². The Kier molecular flexibility index (Phi) is 10.9. The molecule has 0 aromatic carbocycles. The van der Waals surface area contributed by atoms with Gasteiger partial charge >= 0.3 is 11.9 Å². The molecule has 1 N–H and O–H groups in total. The maximum Gasteiger partial charge on any atom is 0.327 e. The highest BCUT2D eigenvalue weighted by Crippen LogP contribution is 2.34. The van der Waals surface area contributed by atoms with Crippen molar-refractivity contribution in [1.29, 1.82) is 0 Å². The Bertz CT molecular complexity index is 624. The smallest absolute Gasteiger partial charge is 0.327 e. The van der Waals surface area contributed by atoms with Crippen molar-refractivity contribution in [3.8, 4) is 11.8 Å². The summed E-state index contributed by atoms with van der Waals surface area (Å²) in [4.78, 5) is 24.3. The first-order chi connectivity index (χ1) is 13.7. The first-order valence-electron chi connectivity index (χ1n) is 10.3. The summed E-state index contributed by atoms with van der Waals surface area (Å²) < 4.78 is 32.4. The Morgan fingerprint density at radius 3 is 2.69 bits per heavy atom. The first-order valence-corrected chi connectivity index (χ1v) is 10.3. The number of nitrogens with zero attached hydrogens (tertiary/aromatic N) is 1. The fraction of sp³-hybridized carbons (Fsp3) is 0.727. The molecule has 5 nitrogen and oxygen atoms in total. The number of halogens is 2. The van der Waals surface area contributed by atoms with Crippen LogP contribution in [0.15, 0.2) is 12.2 Å². The van der Waals surface area contributed by atoms with E-state index in [1.807, 2.05) is 13.8 Å². The number of rotatable bonds is 11. The van der Waals surface area contributed by atoms with E-state index < -0.39 is 30.4 Å². The Morgan fingerprint density at radius 1 is 1.34 bits per heavy atom. The molecule has 164 valence electrons. The molecule has 1 rings (SSSR count). The van der Waals surface area contributed by atoms with Crippen LogP contribution in [0.2, 0.25) is 0 Å². The standard InChI is InChI=1S/C22H33F2NO4/c1-4-5-8-11-17(2)19(26)14-13-18-16-22(23,24)21(28)25(18)15-10-7-6-9-12-20(27)29-3/h13-14,17-19,26H,4,6-7,9-12,15-16H2,1-3H3/t17-,18?,19-/m1/s1. The molecule has 1 saturated heterocycles. The number of aliphatic hydroxyl groups is 1. The SMILES string of the molecule is CCC#CC[C@@H](C)[C@H](O)C=CC1CC(F)(F)C(=O)N1CCCCCCC(=O)OC. The number of alkyl halides is 2. The zero-order chi connectivity index (χ0) is 21.9. The maximum absolute atomic E-state index is 13.9. The van der Waals surface area contributed by atoms with Crippen LogP contribution in [0.1, 0.15) is 65.2 Å². The van der Waals surface area contributed by atoms with Crippen molar-refractivity contribution in [3.63, 3.8) is 0 Å². The largest absolute Gasteiger partial charge is 0.469 e. The second-order valence-corrected chi connectivity index (χ2v) is 7.48. The van der Waals surface area contributed by atoms with E-state index in [-0.39, 0.29) is 18.4 Å². The minimum atomic E-state index is -3.37. The Labute approximate surface area is 172 Å². The summed E-state index contributed by atoms with van der Waals surface area (Å²) in [5, 5.41) is 10.2. The number of carbonyl (C=O) groups excluding carboxylic acids is 2. The van der Waals surface area contributed by atoms with Gasteiger partial charge < -0.3 is 14.7 Å². The minimum absolute atomic E-state index is 0.119. The summed E-state index contributed by atoms with van der Waals surface area (Å²) in [5.74, 6) is 0.998. The van der Waals surface area contributed by atoms with Crippen molar-refractivity contribution in [2.75, 3.05) is 13.7 Å². The van der Waals surface area contributed by atoms with Gasteiger partial charge in [-0.3, -0.25) is 9.59 Å². The lowest BCUT2D eigenvalue weighted by Gasteiger charge is -2.22. The molecule has 0 spiro atoms. The lowest BCUT2D eigenvalue weighted by molar-refractivity contribution is -0.148. The lowest BCUT2D eigenvalue weighted by Crippen LogP contribution is -2.36. The molecule has 0 aromatic rings. The van der Waals surface area contributed by atoms with Gasteiger partial charge in [0.2, 0.25) is 0 Å². The molecule has 29 heavy (non-hydrogen) atoms. The van der Waals surface area contributed by atoms with Crippen molar-refractivity contribution in [2.24, 2.45) is 5.92 Å². The number of ether oxygens (including phenoxy) is 1. The van der Waals surface area contributed by atoms with E-state index in [0.717, 1.165) is 19.3 Å². The van der Waals surface area contributed by atoms with Crippen LogP contribution < -0.4 is 0 Å². The van der Waals surface area contributed by atoms with Crippen LogP contribution in [-0.4, -0.2) is 53.6 Å². The summed E-state index contributed by atoms with van der Waals surface area (Å²) in [5.41, 5.74) is 0. The number of amides is 1. The van der Waals surface area contributed by atoms with Gasteiger partial charge in [0.05, 0.1) is 19.3 Å². The van der Waals surface area contributed by atoms with E-state index >= 15 is 0 Å². The Balaban J connectivity index is 2.56. The third-order valence-corrected chi connectivity index (χ3v) is 5.04. The average Bonchev–Trinajstić information content (AvgIpc) is 2.91. The van der Waals surface area contributed by atoms with Crippen LogP contribution >= 0.6 is 0 Å². The van der Waals surface area contributed by atoms with Gasteiger partial charge in [0.1, 0.15) is 0 Å².